The lowest BCUT2D eigenvalue weighted by Crippen LogP contribution is -2.33. The van der Waals surface area contributed by atoms with Crippen LogP contribution in [0.4, 0.5) is 26.3 Å². The Morgan fingerprint density at radius 3 is 1.97 bits per heavy atom. The van der Waals surface area contributed by atoms with Gasteiger partial charge < -0.3 is 5.32 Å². The lowest BCUT2D eigenvalue weighted by Gasteiger charge is -2.26. The monoisotopic (exact) mass is 542 g/mol. The van der Waals surface area contributed by atoms with E-state index in [1.165, 1.54) is 12.2 Å². The predicted molar refractivity (Wildman–Crippen MR) is 135 cm³/mol. The molecule has 0 bridgehead atoms. The number of halogens is 7. The van der Waals surface area contributed by atoms with Gasteiger partial charge in [0, 0.05) is 23.7 Å². The fourth-order valence-electron chi connectivity index (χ4n) is 3.07. The molecule has 3 nitrogen and oxygen atoms in total. The molecule has 10 heteroatoms. The van der Waals surface area contributed by atoms with E-state index in [9.17, 15) is 31.1 Å². The normalized spacial score (nSPS) is 14.9. The zero-order valence-corrected chi connectivity index (χ0v) is 22.5. The fourth-order valence-corrected chi connectivity index (χ4v) is 3.22. The zero-order valence-electron chi connectivity index (χ0n) is 21.7. The summed E-state index contributed by atoms with van der Waals surface area (Å²) in [6.45, 7) is 18.6. The first-order valence-corrected chi connectivity index (χ1v) is 12.2. The molecule has 1 atom stereocenters. The smallest absolute Gasteiger partial charge is 0.351 e. The van der Waals surface area contributed by atoms with Gasteiger partial charge in [-0.15, -0.1) is 0 Å². The number of hydrogen-bond donors (Lipinski definition) is 1. The summed E-state index contributed by atoms with van der Waals surface area (Å²) in [6.07, 6.45) is -6.17. The average Bonchev–Trinajstić information content (AvgIpc) is 3.64. The molecule has 0 aromatic carbocycles. The average molecular weight is 543 g/mol. The highest BCUT2D eigenvalue weighted by molar-refractivity contribution is 6.35. The second-order valence-corrected chi connectivity index (χ2v) is 7.54. The summed E-state index contributed by atoms with van der Waals surface area (Å²) in [5, 5.41) is 2.39. The maximum atomic E-state index is 13.4. The minimum Gasteiger partial charge on any atom is -0.351 e. The van der Waals surface area contributed by atoms with Crippen molar-refractivity contribution in [2.24, 2.45) is 5.41 Å². The summed E-state index contributed by atoms with van der Waals surface area (Å²) in [7, 11) is 0. The number of rotatable bonds is 8. The Balaban J connectivity index is 0. The number of nitrogens with zero attached hydrogens (tertiary/aromatic N) is 1. The molecule has 0 saturated heterocycles. The molecule has 1 heterocycles. The van der Waals surface area contributed by atoms with E-state index in [0.717, 1.165) is 12.3 Å². The highest BCUT2D eigenvalue weighted by Gasteiger charge is 2.63. The number of allylic oxidation sites excluding steroid dienone is 2. The highest BCUT2D eigenvalue weighted by Crippen LogP contribution is 2.62. The molecular weight excluding hydrogens is 506 g/mol. The van der Waals surface area contributed by atoms with Crippen LogP contribution in [0.3, 0.4) is 0 Å². The summed E-state index contributed by atoms with van der Waals surface area (Å²) in [5.41, 5.74) is -2.92. The van der Waals surface area contributed by atoms with Gasteiger partial charge in [0.15, 0.2) is 0 Å². The van der Waals surface area contributed by atoms with Gasteiger partial charge in [-0.05, 0) is 37.0 Å². The Kier molecular flexibility index (Phi) is 16.4. The topological polar surface area (TPSA) is 42.0 Å². The fraction of sp³-hybridized carbons (Fsp3) is 0.538. The number of hydrogen-bond acceptors (Lipinski definition) is 2. The summed E-state index contributed by atoms with van der Waals surface area (Å²) < 4.78 is 78.5. The van der Waals surface area contributed by atoms with Crippen LogP contribution in [0, 0.1) is 5.41 Å². The van der Waals surface area contributed by atoms with Crippen molar-refractivity contribution in [3.8, 4) is 0 Å². The van der Waals surface area contributed by atoms with E-state index in [1.807, 2.05) is 41.5 Å². The predicted octanol–water partition coefficient (Wildman–Crippen LogP) is 8.98. The third-order valence-corrected chi connectivity index (χ3v) is 5.17. The number of carbonyl (C=O) groups is 1. The summed E-state index contributed by atoms with van der Waals surface area (Å²) in [4.78, 5) is 15.6. The number of carbonyl (C=O) groups excluding carboxylic acids is 1. The molecule has 1 aromatic rings. The van der Waals surface area contributed by atoms with Crippen molar-refractivity contribution >= 4 is 17.5 Å². The van der Waals surface area contributed by atoms with Crippen LogP contribution >= 0.6 is 11.6 Å². The van der Waals surface area contributed by atoms with E-state index in [0.29, 0.717) is 6.07 Å². The number of pyridine rings is 1. The first-order chi connectivity index (χ1) is 16.8. The zero-order chi connectivity index (χ0) is 28.7. The molecule has 1 unspecified atom stereocenters. The Morgan fingerprint density at radius 2 is 1.64 bits per heavy atom. The molecule has 206 valence electrons. The van der Waals surface area contributed by atoms with Gasteiger partial charge in [-0.3, -0.25) is 9.78 Å². The Hall–Kier alpha value is -2.29. The molecule has 2 rings (SSSR count). The molecule has 1 aliphatic carbocycles. The summed E-state index contributed by atoms with van der Waals surface area (Å²) in [6, 6.07) is 1.79. The molecule has 1 saturated carbocycles. The maximum Gasteiger partial charge on any atom is 0.433 e. The van der Waals surface area contributed by atoms with Crippen LogP contribution in [0.1, 0.15) is 78.0 Å². The van der Waals surface area contributed by atoms with Gasteiger partial charge in [-0.25, -0.2) is 0 Å². The van der Waals surface area contributed by atoms with E-state index in [2.05, 4.69) is 23.5 Å². The van der Waals surface area contributed by atoms with E-state index >= 15 is 0 Å². The third kappa shape index (κ3) is 10.8. The van der Waals surface area contributed by atoms with Gasteiger partial charge in [0.2, 0.25) is 0 Å². The lowest BCUT2D eigenvalue weighted by atomic mass is 9.86. The minimum absolute atomic E-state index is 0.0204. The van der Waals surface area contributed by atoms with E-state index in [4.69, 9.17) is 11.6 Å². The largest absolute Gasteiger partial charge is 0.433 e. The van der Waals surface area contributed by atoms with Gasteiger partial charge in [-0.1, -0.05) is 78.4 Å². The van der Waals surface area contributed by atoms with Crippen molar-refractivity contribution in [1.82, 2.24) is 10.3 Å². The minimum atomic E-state index is -4.67. The van der Waals surface area contributed by atoms with Crippen LogP contribution in [0.2, 0.25) is 0 Å². The van der Waals surface area contributed by atoms with Gasteiger partial charge >= 0.3 is 12.4 Å². The van der Waals surface area contributed by atoms with Crippen LogP contribution in [-0.4, -0.2) is 23.6 Å². The number of nitrogens with one attached hydrogen (secondary N) is 1. The Morgan fingerprint density at radius 1 is 1.11 bits per heavy atom. The molecule has 1 aliphatic rings. The third-order valence-electron chi connectivity index (χ3n) is 4.97. The second kappa shape index (κ2) is 16.5. The van der Waals surface area contributed by atoms with Gasteiger partial charge in [0.25, 0.3) is 5.91 Å². The van der Waals surface area contributed by atoms with Crippen molar-refractivity contribution < 1.29 is 31.1 Å². The molecule has 1 fully saturated rings. The number of alkyl halides is 6. The van der Waals surface area contributed by atoms with E-state index in [1.54, 1.807) is 0 Å². The van der Waals surface area contributed by atoms with E-state index in [-0.39, 0.29) is 42.0 Å². The molecule has 36 heavy (non-hydrogen) atoms. The van der Waals surface area contributed by atoms with Gasteiger partial charge in [0.05, 0.1) is 11.0 Å². The lowest BCUT2D eigenvalue weighted by molar-refractivity contribution is -0.190. The van der Waals surface area contributed by atoms with Gasteiger partial charge in [0.1, 0.15) is 5.69 Å². The van der Waals surface area contributed by atoms with Crippen LogP contribution in [-0.2, 0) is 11.0 Å². The SMILES string of the molecule is C=C/C=C(\C(=C)Cl)C(=O)NCC(CC1(C(F)(F)F)CC1)c1ccc(C(F)(F)F)nc1.CC.CC.CC. The molecule has 1 N–H and O–H groups in total. The summed E-state index contributed by atoms with van der Waals surface area (Å²) >= 11 is 5.75. The van der Waals surface area contributed by atoms with Crippen molar-refractivity contribution in [2.45, 2.75) is 79.1 Å². The van der Waals surface area contributed by atoms with Crippen LogP contribution in [0.5, 0.6) is 0 Å². The molecule has 1 aromatic heterocycles. The molecule has 0 radical (unpaired) electrons. The maximum absolute atomic E-state index is 13.4. The van der Waals surface area contributed by atoms with Crippen LogP contribution < -0.4 is 5.32 Å². The van der Waals surface area contributed by atoms with Crippen LogP contribution in [0.25, 0.3) is 0 Å². The van der Waals surface area contributed by atoms with Crippen molar-refractivity contribution in [3.05, 3.63) is 65.5 Å². The van der Waals surface area contributed by atoms with Gasteiger partial charge in [-0.2, -0.15) is 26.3 Å². The van der Waals surface area contributed by atoms with Crippen molar-refractivity contribution in [2.75, 3.05) is 6.54 Å². The highest BCUT2D eigenvalue weighted by atomic mass is 35.5. The molecule has 0 spiro atoms. The Labute approximate surface area is 215 Å². The molecule has 0 aliphatic heterocycles. The van der Waals surface area contributed by atoms with E-state index < -0.39 is 35.3 Å². The number of amides is 1. The van der Waals surface area contributed by atoms with Crippen molar-refractivity contribution in [1.29, 1.82) is 0 Å². The van der Waals surface area contributed by atoms with Crippen LogP contribution in [0.15, 0.2) is 54.2 Å². The number of aromatic nitrogens is 1. The summed E-state index contributed by atoms with van der Waals surface area (Å²) in [5.74, 6) is -1.59. The molecule has 1 amide bonds. The first-order valence-electron chi connectivity index (χ1n) is 11.9. The quantitative estimate of drug-likeness (QED) is 0.202. The Bertz CT molecular complexity index is 841. The molecular formula is C26H37ClF6N2O. The second-order valence-electron chi connectivity index (χ2n) is 7.08. The van der Waals surface area contributed by atoms with Crippen molar-refractivity contribution in [3.63, 3.8) is 0 Å². The first kappa shape index (κ1) is 35.9. The standard InChI is InChI=1S/C20H19ClF6N2O.3C2H6/c1-3-4-15(12(2)21)17(30)29-11-14(9-18(7-8-18)20(25,26)27)13-5-6-16(28-10-13)19(22,23)24;3*1-2/h3-6,10,14H,1-2,7-9,11H2,(H,29,30);3*1-2H3/b15-4+;;;.